The molecule has 0 aliphatic carbocycles. The van der Waals surface area contributed by atoms with Gasteiger partial charge in [-0.1, -0.05) is 18.2 Å². The maximum absolute atomic E-state index is 12.5. The highest BCUT2D eigenvalue weighted by molar-refractivity contribution is 7.95. The van der Waals surface area contributed by atoms with Crippen LogP contribution in [0.2, 0.25) is 0 Å². The highest BCUT2D eigenvalue weighted by Gasteiger charge is 2.32. The molecule has 0 N–H and O–H groups in total. The van der Waals surface area contributed by atoms with Crippen molar-refractivity contribution >= 4 is 39.4 Å². The molecule has 1 aromatic heterocycles. The number of fused-ring (bicyclic) bond motifs is 1. The molecule has 0 radical (unpaired) electrons. The Kier molecular flexibility index (Phi) is 6.92. The third-order valence-corrected chi connectivity index (χ3v) is 5.21. The first kappa shape index (κ1) is 21.3. The largest absolute Gasteiger partial charge is 0.489 e. The van der Waals surface area contributed by atoms with Crippen LogP contribution in [0.5, 0.6) is 11.5 Å². The molecular formula is C20H17F3O4S2. The summed E-state index contributed by atoms with van der Waals surface area (Å²) in [7, 11) is 0. The minimum atomic E-state index is -4.50. The zero-order valence-electron chi connectivity index (χ0n) is 15.3. The highest BCUT2D eigenvalue weighted by Crippen LogP contribution is 2.38. The lowest BCUT2D eigenvalue weighted by Gasteiger charge is -2.13. The Morgan fingerprint density at radius 3 is 2.69 bits per heavy atom. The van der Waals surface area contributed by atoms with E-state index < -0.39 is 17.6 Å². The van der Waals surface area contributed by atoms with Crippen LogP contribution in [0.1, 0.15) is 18.1 Å². The molecular weight excluding hydrogens is 425 g/mol. The Morgan fingerprint density at radius 1 is 1.14 bits per heavy atom. The van der Waals surface area contributed by atoms with E-state index in [0.717, 1.165) is 5.39 Å². The van der Waals surface area contributed by atoms with Crippen molar-refractivity contribution in [1.82, 2.24) is 0 Å². The number of hydrogen-bond donors (Lipinski definition) is 0. The van der Waals surface area contributed by atoms with Crippen LogP contribution < -0.4 is 8.92 Å². The molecule has 0 aliphatic rings. The second-order valence-corrected chi connectivity index (χ2v) is 7.64. The van der Waals surface area contributed by atoms with Gasteiger partial charge in [0.05, 0.1) is 17.7 Å². The van der Waals surface area contributed by atoms with Crippen molar-refractivity contribution in [2.45, 2.75) is 25.5 Å². The first-order valence-electron chi connectivity index (χ1n) is 8.64. The van der Waals surface area contributed by atoms with E-state index in [0.29, 0.717) is 28.2 Å². The number of esters is 1. The van der Waals surface area contributed by atoms with Crippen molar-refractivity contribution in [3.8, 4) is 11.5 Å². The average molecular weight is 442 g/mol. The molecule has 0 atom stereocenters. The van der Waals surface area contributed by atoms with Gasteiger partial charge in [0.2, 0.25) is 0 Å². The number of halogens is 3. The molecule has 9 heteroatoms. The van der Waals surface area contributed by atoms with E-state index in [4.69, 9.17) is 13.7 Å². The fraction of sp³-hybridized carbons (Fsp3) is 0.250. The molecule has 29 heavy (non-hydrogen) atoms. The number of para-hydroxylation sites is 1. The van der Waals surface area contributed by atoms with E-state index in [1.165, 1.54) is 17.4 Å². The lowest BCUT2D eigenvalue weighted by molar-refractivity contribution is -0.142. The number of carbonyl (C=O) groups excluding carboxylic acids is 1. The molecule has 0 spiro atoms. The molecule has 0 saturated carbocycles. The quantitative estimate of drug-likeness (QED) is 0.310. The van der Waals surface area contributed by atoms with Gasteiger partial charge in [-0.25, -0.2) is 0 Å². The number of hydrogen-bond acceptors (Lipinski definition) is 6. The molecule has 0 fully saturated rings. The first-order valence-corrected chi connectivity index (χ1v) is 10.3. The summed E-state index contributed by atoms with van der Waals surface area (Å²) in [5.41, 5.74) is -3.17. The fourth-order valence-corrected chi connectivity index (χ4v) is 3.86. The van der Waals surface area contributed by atoms with Gasteiger partial charge in [-0.15, -0.1) is 11.3 Å². The van der Waals surface area contributed by atoms with Gasteiger partial charge in [0.1, 0.15) is 12.4 Å². The van der Waals surface area contributed by atoms with Gasteiger partial charge in [-0.3, -0.25) is 4.79 Å². The Balaban J connectivity index is 1.77. The van der Waals surface area contributed by atoms with Gasteiger partial charge in [0, 0.05) is 5.56 Å². The summed E-state index contributed by atoms with van der Waals surface area (Å²) >= 11 is 0.760. The van der Waals surface area contributed by atoms with Gasteiger partial charge in [0.25, 0.3) is 0 Å². The minimum absolute atomic E-state index is 0.0736. The van der Waals surface area contributed by atoms with Crippen molar-refractivity contribution in [2.24, 2.45) is 0 Å². The van der Waals surface area contributed by atoms with Crippen molar-refractivity contribution in [3.63, 3.8) is 0 Å². The Hall–Kier alpha value is -2.39. The van der Waals surface area contributed by atoms with E-state index >= 15 is 0 Å². The number of benzene rings is 2. The summed E-state index contributed by atoms with van der Waals surface area (Å²) in [5, 5.41) is 2.56. The molecule has 0 unspecified atom stereocenters. The zero-order valence-corrected chi connectivity index (χ0v) is 17.0. The second-order valence-electron chi connectivity index (χ2n) is 5.92. The van der Waals surface area contributed by atoms with Gasteiger partial charge < -0.3 is 13.7 Å². The predicted octanol–water partition coefficient (Wildman–Crippen LogP) is 6.13. The summed E-state index contributed by atoms with van der Waals surface area (Å²) in [6.45, 7) is 2.14. The van der Waals surface area contributed by atoms with E-state index in [1.807, 2.05) is 12.1 Å². The van der Waals surface area contributed by atoms with Gasteiger partial charge in [0.15, 0.2) is 17.8 Å². The predicted molar refractivity (Wildman–Crippen MR) is 107 cm³/mol. The summed E-state index contributed by atoms with van der Waals surface area (Å²) < 4.78 is 53.9. The summed E-state index contributed by atoms with van der Waals surface area (Å²) in [6.07, 6.45) is 0.0736. The van der Waals surface area contributed by atoms with Crippen molar-refractivity contribution in [1.29, 1.82) is 0 Å². The van der Waals surface area contributed by atoms with Crippen LogP contribution in [0.25, 0.3) is 10.1 Å². The molecule has 3 rings (SSSR count). The van der Waals surface area contributed by atoms with Crippen LogP contribution in [-0.2, 0) is 22.6 Å². The maximum Gasteiger partial charge on any atom is 0.479 e. The van der Waals surface area contributed by atoms with Crippen LogP contribution in [0, 0.1) is 0 Å². The third kappa shape index (κ3) is 6.04. The summed E-state index contributed by atoms with van der Waals surface area (Å²) in [4.78, 5) is 11.8. The lowest BCUT2D eigenvalue weighted by atomic mass is 10.1. The van der Waals surface area contributed by atoms with Crippen LogP contribution in [-0.4, -0.2) is 18.1 Å². The van der Waals surface area contributed by atoms with Crippen molar-refractivity contribution in [3.05, 3.63) is 59.0 Å². The van der Waals surface area contributed by atoms with Crippen LogP contribution in [0.3, 0.4) is 0 Å². The number of rotatable bonds is 8. The SMILES string of the molecule is CCOC(=O)Cc1ccccc1OCc1cc(OSC(F)(F)F)c2sccc2c1. The standard InChI is InChI=1S/C20H17F3O4S2/c1-2-25-18(24)11-14-5-3-4-6-16(14)26-12-13-9-15-7-8-28-19(15)17(10-13)27-29-20(21,22)23/h3-10H,2,11-12H2,1H3. The third-order valence-electron chi connectivity index (χ3n) is 3.81. The Morgan fingerprint density at radius 2 is 1.93 bits per heavy atom. The molecule has 2 aromatic carbocycles. The molecule has 0 amide bonds. The molecule has 0 saturated heterocycles. The Bertz CT molecular complexity index is 985. The normalized spacial score (nSPS) is 11.4. The number of thiophene rings is 1. The summed E-state index contributed by atoms with van der Waals surface area (Å²) in [5.74, 6) is 0.291. The first-order chi connectivity index (χ1) is 13.9. The Labute approximate surface area is 173 Å². The van der Waals surface area contributed by atoms with Gasteiger partial charge in [-0.05, 0) is 47.5 Å². The summed E-state index contributed by atoms with van der Waals surface area (Å²) in [6, 6.07) is 12.2. The van der Waals surface area contributed by atoms with Crippen molar-refractivity contribution in [2.75, 3.05) is 6.61 Å². The minimum Gasteiger partial charge on any atom is -0.489 e. The topological polar surface area (TPSA) is 44.8 Å². The molecule has 4 nitrogen and oxygen atoms in total. The molecule has 0 bridgehead atoms. The molecule has 0 aliphatic heterocycles. The average Bonchev–Trinajstić information content (AvgIpc) is 3.13. The van der Waals surface area contributed by atoms with Gasteiger partial charge in [-0.2, -0.15) is 13.2 Å². The van der Waals surface area contributed by atoms with Crippen molar-refractivity contribution < 1.29 is 31.6 Å². The van der Waals surface area contributed by atoms with E-state index in [9.17, 15) is 18.0 Å². The van der Waals surface area contributed by atoms with Gasteiger partial charge >= 0.3 is 11.5 Å². The van der Waals surface area contributed by atoms with Crippen LogP contribution in [0.4, 0.5) is 13.2 Å². The number of ether oxygens (including phenoxy) is 2. The molecule has 3 aromatic rings. The van der Waals surface area contributed by atoms with Crippen LogP contribution in [0.15, 0.2) is 47.8 Å². The second kappa shape index (κ2) is 9.41. The maximum atomic E-state index is 12.5. The van der Waals surface area contributed by atoms with E-state index in [1.54, 1.807) is 36.6 Å². The number of alkyl halides is 3. The molecule has 1 heterocycles. The zero-order chi connectivity index (χ0) is 20.9. The van der Waals surface area contributed by atoms with E-state index in [-0.39, 0.29) is 24.7 Å². The fourth-order valence-electron chi connectivity index (χ4n) is 2.67. The highest BCUT2D eigenvalue weighted by atomic mass is 32.2. The number of carbonyl (C=O) groups is 1. The van der Waals surface area contributed by atoms with Crippen LogP contribution >= 0.6 is 23.4 Å². The lowest BCUT2D eigenvalue weighted by Crippen LogP contribution is -2.09. The van der Waals surface area contributed by atoms with E-state index in [2.05, 4.69) is 0 Å². The monoisotopic (exact) mass is 442 g/mol. The smallest absolute Gasteiger partial charge is 0.479 e. The molecule has 154 valence electrons.